The lowest BCUT2D eigenvalue weighted by atomic mass is 10.2. The molecule has 0 amide bonds. The van der Waals surface area contributed by atoms with E-state index < -0.39 is 0 Å². The molecule has 0 spiro atoms. The molecule has 2 saturated heterocycles. The molecule has 0 aliphatic carbocycles. The fraction of sp³-hybridized carbons (Fsp3) is 1.00. The van der Waals surface area contributed by atoms with Crippen LogP contribution in [0.15, 0.2) is 0 Å². The predicted octanol–water partition coefficient (Wildman–Crippen LogP) is 1.49. The van der Waals surface area contributed by atoms with Crippen LogP contribution >= 0.6 is 0 Å². The minimum absolute atomic E-state index is 0.477. The van der Waals surface area contributed by atoms with Gasteiger partial charge in [0.25, 0.3) is 0 Å². The van der Waals surface area contributed by atoms with Crippen LogP contribution in [0.1, 0.15) is 33.1 Å². The van der Waals surface area contributed by atoms with Gasteiger partial charge < -0.3 is 10.1 Å². The highest BCUT2D eigenvalue weighted by Crippen LogP contribution is 2.17. The highest BCUT2D eigenvalue weighted by Gasteiger charge is 2.23. The molecule has 2 aliphatic heterocycles. The van der Waals surface area contributed by atoms with Gasteiger partial charge in [-0.3, -0.25) is 4.90 Å². The third kappa shape index (κ3) is 3.44. The zero-order valence-electron chi connectivity index (χ0n) is 10.7. The van der Waals surface area contributed by atoms with Gasteiger partial charge in [0, 0.05) is 32.3 Å². The number of hydrogen-bond acceptors (Lipinski definition) is 3. The molecular formula is C13H26N2O. The van der Waals surface area contributed by atoms with Gasteiger partial charge in [0.2, 0.25) is 0 Å². The van der Waals surface area contributed by atoms with E-state index in [4.69, 9.17) is 4.74 Å². The van der Waals surface area contributed by atoms with Crippen molar-refractivity contribution in [2.24, 2.45) is 5.92 Å². The lowest BCUT2D eigenvalue weighted by molar-refractivity contribution is 0.108. The molecule has 3 unspecified atom stereocenters. The van der Waals surface area contributed by atoms with E-state index in [2.05, 4.69) is 24.1 Å². The summed E-state index contributed by atoms with van der Waals surface area (Å²) in [4.78, 5) is 2.60. The van der Waals surface area contributed by atoms with Crippen molar-refractivity contribution in [3.63, 3.8) is 0 Å². The van der Waals surface area contributed by atoms with Gasteiger partial charge in [-0.15, -0.1) is 0 Å². The molecule has 2 heterocycles. The van der Waals surface area contributed by atoms with Crippen LogP contribution in [0.5, 0.6) is 0 Å². The molecule has 3 nitrogen and oxygen atoms in total. The van der Waals surface area contributed by atoms with Crippen LogP contribution in [0, 0.1) is 5.92 Å². The van der Waals surface area contributed by atoms with Crippen LogP contribution in [-0.2, 0) is 4.74 Å². The van der Waals surface area contributed by atoms with Crippen molar-refractivity contribution in [3.05, 3.63) is 0 Å². The Morgan fingerprint density at radius 2 is 2.31 bits per heavy atom. The number of rotatable bonds is 5. The molecule has 94 valence electrons. The molecule has 3 heteroatoms. The van der Waals surface area contributed by atoms with E-state index in [-0.39, 0.29) is 0 Å². The molecule has 2 fully saturated rings. The van der Waals surface area contributed by atoms with Crippen molar-refractivity contribution in [3.8, 4) is 0 Å². The molecule has 2 aliphatic rings. The maximum atomic E-state index is 5.60. The lowest BCUT2D eigenvalue weighted by Crippen LogP contribution is -2.41. The van der Waals surface area contributed by atoms with E-state index in [0.717, 1.165) is 25.6 Å². The van der Waals surface area contributed by atoms with E-state index in [1.807, 2.05) is 0 Å². The summed E-state index contributed by atoms with van der Waals surface area (Å²) in [7, 11) is 0. The first-order chi connectivity index (χ1) is 7.75. The third-order valence-corrected chi connectivity index (χ3v) is 3.91. The average Bonchev–Trinajstić information content (AvgIpc) is 2.89. The van der Waals surface area contributed by atoms with Gasteiger partial charge >= 0.3 is 0 Å². The number of likely N-dealkylation sites (tertiary alicyclic amines) is 1. The minimum atomic E-state index is 0.477. The average molecular weight is 226 g/mol. The zero-order chi connectivity index (χ0) is 11.4. The fourth-order valence-corrected chi connectivity index (χ4v) is 2.76. The first-order valence-electron chi connectivity index (χ1n) is 6.82. The van der Waals surface area contributed by atoms with Gasteiger partial charge in [-0.25, -0.2) is 0 Å². The topological polar surface area (TPSA) is 24.5 Å². The molecule has 0 aromatic carbocycles. The van der Waals surface area contributed by atoms with Gasteiger partial charge in [0.1, 0.15) is 0 Å². The van der Waals surface area contributed by atoms with Crippen LogP contribution in [0.2, 0.25) is 0 Å². The smallest absolute Gasteiger partial charge is 0.0700 e. The highest BCUT2D eigenvalue weighted by atomic mass is 16.5. The summed E-state index contributed by atoms with van der Waals surface area (Å²) >= 11 is 0. The maximum Gasteiger partial charge on any atom is 0.0700 e. The maximum absolute atomic E-state index is 5.60. The Bertz CT molecular complexity index is 204. The molecular weight excluding hydrogens is 200 g/mol. The standard InChI is InChI=1S/C13H26N2O/c1-11-5-6-15(10-11)12(2)8-14-9-13-4-3-7-16-13/h11-14H,3-10H2,1-2H3. The van der Waals surface area contributed by atoms with E-state index >= 15 is 0 Å². The van der Waals surface area contributed by atoms with Crippen molar-refractivity contribution in [1.82, 2.24) is 10.2 Å². The van der Waals surface area contributed by atoms with Crippen LogP contribution in [0.3, 0.4) is 0 Å². The summed E-state index contributed by atoms with van der Waals surface area (Å²) in [6.45, 7) is 10.4. The van der Waals surface area contributed by atoms with E-state index in [1.165, 1.54) is 32.4 Å². The molecule has 0 radical (unpaired) electrons. The lowest BCUT2D eigenvalue weighted by Gasteiger charge is -2.25. The molecule has 2 rings (SSSR count). The Balaban J connectivity index is 1.58. The second-order valence-corrected chi connectivity index (χ2v) is 5.53. The Morgan fingerprint density at radius 3 is 2.94 bits per heavy atom. The van der Waals surface area contributed by atoms with Crippen LogP contribution in [0.4, 0.5) is 0 Å². The Kier molecular flexibility index (Phi) is 4.62. The first-order valence-corrected chi connectivity index (χ1v) is 6.82. The van der Waals surface area contributed by atoms with Crippen molar-refractivity contribution in [1.29, 1.82) is 0 Å². The van der Waals surface area contributed by atoms with Gasteiger partial charge in [0.15, 0.2) is 0 Å². The number of nitrogens with one attached hydrogen (secondary N) is 1. The predicted molar refractivity (Wildman–Crippen MR) is 66.7 cm³/mol. The van der Waals surface area contributed by atoms with E-state index in [0.29, 0.717) is 12.1 Å². The molecule has 0 saturated carbocycles. The minimum Gasteiger partial charge on any atom is -0.377 e. The number of hydrogen-bond donors (Lipinski definition) is 1. The normalized spacial score (nSPS) is 33.4. The van der Waals surface area contributed by atoms with Gasteiger partial charge in [-0.05, 0) is 38.6 Å². The molecule has 0 aromatic rings. The van der Waals surface area contributed by atoms with E-state index in [1.54, 1.807) is 0 Å². The van der Waals surface area contributed by atoms with Crippen molar-refractivity contribution < 1.29 is 4.74 Å². The molecule has 0 aromatic heterocycles. The van der Waals surface area contributed by atoms with E-state index in [9.17, 15) is 0 Å². The summed E-state index contributed by atoms with van der Waals surface area (Å²) in [5, 5.41) is 3.55. The largest absolute Gasteiger partial charge is 0.377 e. The Hall–Kier alpha value is -0.120. The van der Waals surface area contributed by atoms with Gasteiger partial charge in [-0.1, -0.05) is 6.92 Å². The van der Waals surface area contributed by atoms with Crippen LogP contribution in [-0.4, -0.2) is 49.8 Å². The second kappa shape index (κ2) is 5.99. The van der Waals surface area contributed by atoms with Gasteiger partial charge in [0.05, 0.1) is 6.10 Å². The Labute approximate surface area is 99.5 Å². The third-order valence-electron chi connectivity index (χ3n) is 3.91. The number of nitrogens with zero attached hydrogens (tertiary/aromatic N) is 1. The summed E-state index contributed by atoms with van der Waals surface area (Å²) in [5.74, 6) is 0.889. The quantitative estimate of drug-likeness (QED) is 0.768. The molecule has 3 atom stereocenters. The monoisotopic (exact) mass is 226 g/mol. The summed E-state index contributed by atoms with van der Waals surface area (Å²) in [6.07, 6.45) is 4.33. The van der Waals surface area contributed by atoms with Crippen molar-refractivity contribution in [2.75, 3.05) is 32.8 Å². The Morgan fingerprint density at radius 1 is 1.44 bits per heavy atom. The molecule has 0 bridgehead atoms. The molecule has 16 heavy (non-hydrogen) atoms. The zero-order valence-corrected chi connectivity index (χ0v) is 10.7. The SMILES string of the molecule is CC1CCN(C(C)CNCC2CCCO2)C1. The van der Waals surface area contributed by atoms with Crippen molar-refractivity contribution >= 4 is 0 Å². The van der Waals surface area contributed by atoms with Crippen LogP contribution in [0.25, 0.3) is 0 Å². The second-order valence-electron chi connectivity index (χ2n) is 5.53. The van der Waals surface area contributed by atoms with Crippen molar-refractivity contribution in [2.45, 2.75) is 45.3 Å². The van der Waals surface area contributed by atoms with Gasteiger partial charge in [-0.2, -0.15) is 0 Å². The molecule has 1 N–H and O–H groups in total. The summed E-state index contributed by atoms with van der Waals surface area (Å²) in [6, 6.07) is 0.673. The fourth-order valence-electron chi connectivity index (χ4n) is 2.76. The first kappa shape index (κ1) is 12.3. The number of ether oxygens (including phenoxy) is 1. The summed E-state index contributed by atoms with van der Waals surface area (Å²) < 4.78 is 5.60. The summed E-state index contributed by atoms with van der Waals surface area (Å²) in [5.41, 5.74) is 0. The van der Waals surface area contributed by atoms with Crippen LogP contribution < -0.4 is 5.32 Å². The highest BCUT2D eigenvalue weighted by molar-refractivity contribution is 4.79.